The molecule has 1 heterocycles. The van der Waals surface area contributed by atoms with Crippen LogP contribution in [0, 0.1) is 0 Å². The van der Waals surface area contributed by atoms with Gasteiger partial charge in [0, 0.05) is 13.0 Å². The third-order valence-corrected chi connectivity index (χ3v) is 3.67. The van der Waals surface area contributed by atoms with Gasteiger partial charge in [0.1, 0.15) is 11.4 Å². The Kier molecular flexibility index (Phi) is 5.83. The summed E-state index contributed by atoms with van der Waals surface area (Å²) in [6, 6.07) is 5.47. The van der Waals surface area contributed by atoms with Crippen molar-refractivity contribution in [3.8, 4) is 5.75 Å². The minimum absolute atomic E-state index is 0.126. The molecule has 1 atom stereocenters. The fraction of sp³-hybridized carbons (Fsp3) is 0.556. The Hall–Kier alpha value is -2.08. The Morgan fingerprint density at radius 1 is 1.42 bits per heavy atom. The molecular weight excluding hydrogens is 310 g/mol. The van der Waals surface area contributed by atoms with Gasteiger partial charge in [-0.25, -0.2) is 4.79 Å². The van der Waals surface area contributed by atoms with Crippen molar-refractivity contribution >= 4 is 12.4 Å². The van der Waals surface area contributed by atoms with Crippen LogP contribution in [0.5, 0.6) is 5.75 Å². The summed E-state index contributed by atoms with van der Waals surface area (Å²) in [5, 5.41) is 0. The highest BCUT2D eigenvalue weighted by Crippen LogP contribution is 2.21. The lowest BCUT2D eigenvalue weighted by Gasteiger charge is -2.34. The highest BCUT2D eigenvalue weighted by molar-refractivity contribution is 5.79. The number of rotatable bonds is 4. The molecule has 0 spiro atoms. The zero-order valence-corrected chi connectivity index (χ0v) is 14.7. The number of morpholine rings is 1. The fourth-order valence-corrected chi connectivity index (χ4v) is 2.60. The van der Waals surface area contributed by atoms with E-state index in [9.17, 15) is 9.59 Å². The molecule has 132 valence electrons. The van der Waals surface area contributed by atoms with Gasteiger partial charge in [-0.1, -0.05) is 6.07 Å². The summed E-state index contributed by atoms with van der Waals surface area (Å²) >= 11 is 0. The number of nitrogens with zero attached hydrogens (tertiary/aromatic N) is 1. The first kappa shape index (κ1) is 18.3. The van der Waals surface area contributed by atoms with Crippen LogP contribution in [-0.2, 0) is 15.9 Å². The lowest BCUT2D eigenvalue weighted by atomic mass is 10.0. The van der Waals surface area contributed by atoms with Crippen molar-refractivity contribution in [1.29, 1.82) is 0 Å². The molecule has 0 saturated carbocycles. The number of aldehydes is 1. The summed E-state index contributed by atoms with van der Waals surface area (Å²) in [6.07, 6.45) is 0.944. The summed E-state index contributed by atoms with van der Waals surface area (Å²) in [4.78, 5) is 25.0. The Balaban J connectivity index is 2.00. The second-order valence-electron chi connectivity index (χ2n) is 6.82. The number of ether oxygens (including phenoxy) is 3. The molecule has 6 heteroatoms. The standard InChI is InChI=1S/C18H25NO5/c1-18(2,3)24-17(21)19-7-8-23-15(11-19)10-13-5-6-16(22-4)14(9-13)12-20/h5-6,9,12,15H,7-8,10-11H2,1-4H3. The van der Waals surface area contributed by atoms with Gasteiger partial charge in [0.05, 0.1) is 31.9 Å². The van der Waals surface area contributed by atoms with Gasteiger partial charge in [-0.15, -0.1) is 0 Å². The van der Waals surface area contributed by atoms with Crippen LogP contribution in [0.1, 0.15) is 36.7 Å². The SMILES string of the molecule is COc1ccc(CC2CN(C(=O)OC(C)(C)C)CCO2)cc1C=O. The molecule has 24 heavy (non-hydrogen) atoms. The maximum atomic E-state index is 12.2. The number of carbonyl (C=O) groups excluding carboxylic acids is 2. The summed E-state index contributed by atoms with van der Waals surface area (Å²) in [5.74, 6) is 0.550. The molecule has 1 saturated heterocycles. The molecule has 1 aromatic carbocycles. The summed E-state index contributed by atoms with van der Waals surface area (Å²) in [7, 11) is 1.53. The summed E-state index contributed by atoms with van der Waals surface area (Å²) in [5.41, 5.74) is 0.962. The Morgan fingerprint density at radius 3 is 2.79 bits per heavy atom. The molecule has 0 N–H and O–H groups in total. The van der Waals surface area contributed by atoms with Gasteiger partial charge in [0.15, 0.2) is 6.29 Å². The van der Waals surface area contributed by atoms with Crippen LogP contribution in [0.25, 0.3) is 0 Å². The van der Waals surface area contributed by atoms with Crippen LogP contribution in [0.15, 0.2) is 18.2 Å². The molecule has 6 nitrogen and oxygen atoms in total. The molecule has 1 amide bonds. The average Bonchev–Trinajstić information content (AvgIpc) is 2.53. The molecule has 0 aromatic heterocycles. The first-order valence-corrected chi connectivity index (χ1v) is 8.04. The normalized spacial score (nSPS) is 18.2. The second kappa shape index (κ2) is 7.66. The highest BCUT2D eigenvalue weighted by Gasteiger charge is 2.28. The van der Waals surface area contributed by atoms with Crippen molar-refractivity contribution in [2.24, 2.45) is 0 Å². The monoisotopic (exact) mass is 335 g/mol. The molecule has 1 unspecified atom stereocenters. The van der Waals surface area contributed by atoms with E-state index in [1.807, 2.05) is 26.8 Å². The van der Waals surface area contributed by atoms with Gasteiger partial charge in [0.25, 0.3) is 0 Å². The van der Waals surface area contributed by atoms with Crippen LogP contribution >= 0.6 is 0 Å². The first-order valence-electron chi connectivity index (χ1n) is 8.04. The predicted molar refractivity (Wildman–Crippen MR) is 89.6 cm³/mol. The van der Waals surface area contributed by atoms with E-state index in [1.54, 1.807) is 17.0 Å². The Bertz CT molecular complexity index is 594. The molecule has 1 aliphatic heterocycles. The second-order valence-corrected chi connectivity index (χ2v) is 6.82. The maximum absolute atomic E-state index is 12.2. The van der Waals surface area contributed by atoms with Gasteiger partial charge in [-0.05, 0) is 38.5 Å². The van der Waals surface area contributed by atoms with E-state index in [1.165, 1.54) is 7.11 Å². The van der Waals surface area contributed by atoms with Crippen LogP contribution in [0.2, 0.25) is 0 Å². The minimum Gasteiger partial charge on any atom is -0.496 e. The van der Waals surface area contributed by atoms with Gasteiger partial charge in [0.2, 0.25) is 0 Å². The molecule has 1 fully saturated rings. The molecule has 0 bridgehead atoms. The number of amides is 1. The lowest BCUT2D eigenvalue weighted by molar-refractivity contribution is -0.0415. The number of hydrogen-bond donors (Lipinski definition) is 0. The zero-order valence-electron chi connectivity index (χ0n) is 14.7. The molecule has 2 rings (SSSR count). The largest absolute Gasteiger partial charge is 0.496 e. The fourth-order valence-electron chi connectivity index (χ4n) is 2.60. The minimum atomic E-state index is -0.514. The van der Waals surface area contributed by atoms with E-state index in [0.29, 0.717) is 37.4 Å². The van der Waals surface area contributed by atoms with Crippen molar-refractivity contribution in [3.63, 3.8) is 0 Å². The Morgan fingerprint density at radius 2 is 2.17 bits per heavy atom. The lowest BCUT2D eigenvalue weighted by Crippen LogP contribution is -2.48. The van der Waals surface area contributed by atoms with E-state index in [2.05, 4.69) is 0 Å². The molecule has 0 aliphatic carbocycles. The van der Waals surface area contributed by atoms with Crippen molar-refractivity contribution < 1.29 is 23.8 Å². The molecular formula is C18H25NO5. The van der Waals surface area contributed by atoms with Crippen LogP contribution < -0.4 is 4.74 Å². The number of benzene rings is 1. The third-order valence-electron chi connectivity index (χ3n) is 3.67. The smallest absolute Gasteiger partial charge is 0.410 e. The third kappa shape index (κ3) is 4.96. The van der Waals surface area contributed by atoms with Crippen LogP contribution in [0.3, 0.4) is 0 Å². The first-order chi connectivity index (χ1) is 11.3. The average molecular weight is 335 g/mol. The van der Waals surface area contributed by atoms with Crippen molar-refractivity contribution in [3.05, 3.63) is 29.3 Å². The van der Waals surface area contributed by atoms with Crippen LogP contribution in [0.4, 0.5) is 4.79 Å². The van der Waals surface area contributed by atoms with Crippen molar-refractivity contribution in [2.45, 2.75) is 38.9 Å². The van der Waals surface area contributed by atoms with E-state index < -0.39 is 5.60 Å². The molecule has 0 radical (unpaired) electrons. The number of methoxy groups -OCH3 is 1. The van der Waals surface area contributed by atoms with E-state index in [0.717, 1.165) is 11.8 Å². The quantitative estimate of drug-likeness (QED) is 0.792. The van der Waals surface area contributed by atoms with Crippen molar-refractivity contribution in [2.75, 3.05) is 26.8 Å². The van der Waals surface area contributed by atoms with E-state index >= 15 is 0 Å². The summed E-state index contributed by atoms with van der Waals surface area (Å²) < 4.78 is 16.3. The van der Waals surface area contributed by atoms with Gasteiger partial charge >= 0.3 is 6.09 Å². The van der Waals surface area contributed by atoms with Crippen molar-refractivity contribution in [1.82, 2.24) is 4.90 Å². The molecule has 1 aromatic rings. The van der Waals surface area contributed by atoms with Gasteiger partial charge < -0.3 is 19.1 Å². The predicted octanol–water partition coefficient (Wildman–Crippen LogP) is 2.69. The zero-order chi connectivity index (χ0) is 17.7. The topological polar surface area (TPSA) is 65.1 Å². The summed E-state index contributed by atoms with van der Waals surface area (Å²) in [6.45, 7) is 7.01. The highest BCUT2D eigenvalue weighted by atomic mass is 16.6. The number of carbonyl (C=O) groups is 2. The van der Waals surface area contributed by atoms with Gasteiger partial charge in [-0.2, -0.15) is 0 Å². The van der Waals surface area contributed by atoms with E-state index in [4.69, 9.17) is 14.2 Å². The number of hydrogen-bond acceptors (Lipinski definition) is 5. The van der Waals surface area contributed by atoms with Gasteiger partial charge in [-0.3, -0.25) is 4.79 Å². The Labute approximate surface area is 142 Å². The van der Waals surface area contributed by atoms with E-state index in [-0.39, 0.29) is 12.2 Å². The van der Waals surface area contributed by atoms with Crippen LogP contribution in [-0.4, -0.2) is 55.8 Å². The molecule has 1 aliphatic rings. The maximum Gasteiger partial charge on any atom is 0.410 e.